The van der Waals surface area contributed by atoms with Crippen LogP contribution in [0, 0.1) is 5.41 Å². The van der Waals surface area contributed by atoms with Crippen LogP contribution in [0.1, 0.15) is 39.7 Å². The van der Waals surface area contributed by atoms with E-state index in [1.165, 1.54) is 0 Å². The second kappa shape index (κ2) is 5.53. The van der Waals surface area contributed by atoms with Crippen LogP contribution >= 0.6 is 0 Å². The van der Waals surface area contributed by atoms with Gasteiger partial charge in [-0.2, -0.15) is 0 Å². The molecule has 1 unspecified atom stereocenters. The van der Waals surface area contributed by atoms with Crippen molar-refractivity contribution < 1.29 is 9.90 Å². The molecule has 1 aromatic carbocycles. The van der Waals surface area contributed by atoms with Crippen molar-refractivity contribution in [3.05, 3.63) is 35.9 Å². The number of aliphatic hydroxyl groups is 1. The zero-order valence-electron chi connectivity index (χ0n) is 11.7. The molecule has 0 aromatic heterocycles. The van der Waals surface area contributed by atoms with E-state index >= 15 is 0 Å². The summed E-state index contributed by atoms with van der Waals surface area (Å²) >= 11 is 0. The van der Waals surface area contributed by atoms with Gasteiger partial charge in [-0.25, -0.2) is 0 Å². The maximum Gasteiger partial charge on any atom is 0.220 e. The van der Waals surface area contributed by atoms with Crippen molar-refractivity contribution in [3.8, 4) is 0 Å². The fraction of sp³-hybridized carbons (Fsp3) is 0.533. The van der Waals surface area contributed by atoms with Crippen LogP contribution in [0.15, 0.2) is 30.3 Å². The van der Waals surface area contributed by atoms with Crippen LogP contribution in [-0.2, 0) is 10.4 Å². The summed E-state index contributed by atoms with van der Waals surface area (Å²) < 4.78 is 0. The molecule has 1 aromatic rings. The van der Waals surface area contributed by atoms with Crippen LogP contribution in [0.25, 0.3) is 0 Å². The number of hydrogen-bond acceptors (Lipinski definition) is 2. The van der Waals surface area contributed by atoms with Crippen molar-refractivity contribution >= 4 is 5.91 Å². The SMILES string of the molecule is CC(C)(C)CC(=O)NCC(C)(O)c1ccccc1. The summed E-state index contributed by atoms with van der Waals surface area (Å²) in [6, 6.07) is 9.37. The highest BCUT2D eigenvalue weighted by Gasteiger charge is 2.24. The minimum absolute atomic E-state index is 0.0290. The summed E-state index contributed by atoms with van der Waals surface area (Å²) in [5.74, 6) is -0.0290. The van der Waals surface area contributed by atoms with Crippen molar-refractivity contribution in [1.82, 2.24) is 5.32 Å². The van der Waals surface area contributed by atoms with E-state index in [1.54, 1.807) is 6.92 Å². The molecule has 1 rings (SSSR count). The molecule has 0 spiro atoms. The number of carbonyl (C=O) groups is 1. The van der Waals surface area contributed by atoms with Crippen molar-refractivity contribution in [2.45, 2.75) is 39.7 Å². The number of hydrogen-bond donors (Lipinski definition) is 2. The molecule has 0 radical (unpaired) electrons. The first kappa shape index (κ1) is 14.7. The largest absolute Gasteiger partial charge is 0.384 e. The fourth-order valence-corrected chi connectivity index (χ4v) is 1.71. The molecule has 0 saturated carbocycles. The summed E-state index contributed by atoms with van der Waals surface area (Å²) in [5, 5.41) is 13.1. The van der Waals surface area contributed by atoms with Gasteiger partial charge in [0.25, 0.3) is 0 Å². The van der Waals surface area contributed by atoms with Gasteiger partial charge >= 0.3 is 0 Å². The van der Waals surface area contributed by atoms with Gasteiger partial charge in [-0.1, -0.05) is 51.1 Å². The second-order valence-electron chi connectivity index (χ2n) is 6.15. The molecule has 0 aliphatic heterocycles. The summed E-state index contributed by atoms with van der Waals surface area (Å²) in [6.07, 6.45) is 0.456. The highest BCUT2D eigenvalue weighted by molar-refractivity contribution is 5.76. The lowest BCUT2D eigenvalue weighted by Crippen LogP contribution is -2.39. The standard InChI is InChI=1S/C15H23NO2/c1-14(2,3)10-13(17)16-11-15(4,18)12-8-6-5-7-9-12/h5-9,18H,10-11H2,1-4H3,(H,16,17). The Kier molecular flexibility index (Phi) is 4.52. The summed E-state index contributed by atoms with van der Waals surface area (Å²) in [5.41, 5.74) is -0.265. The van der Waals surface area contributed by atoms with Gasteiger partial charge < -0.3 is 10.4 Å². The van der Waals surface area contributed by atoms with Gasteiger partial charge in [0.15, 0.2) is 0 Å². The minimum Gasteiger partial charge on any atom is -0.384 e. The number of carbonyl (C=O) groups excluding carboxylic acids is 1. The quantitative estimate of drug-likeness (QED) is 0.861. The van der Waals surface area contributed by atoms with E-state index in [2.05, 4.69) is 5.32 Å². The lowest BCUT2D eigenvalue weighted by molar-refractivity contribution is -0.124. The number of amides is 1. The zero-order chi connectivity index (χ0) is 13.8. The van der Waals surface area contributed by atoms with Gasteiger partial charge in [-0.05, 0) is 17.9 Å². The van der Waals surface area contributed by atoms with Crippen molar-refractivity contribution in [2.75, 3.05) is 6.54 Å². The van der Waals surface area contributed by atoms with E-state index in [9.17, 15) is 9.90 Å². The molecule has 18 heavy (non-hydrogen) atoms. The van der Waals surface area contributed by atoms with Crippen molar-refractivity contribution in [2.24, 2.45) is 5.41 Å². The highest BCUT2D eigenvalue weighted by Crippen LogP contribution is 2.20. The van der Waals surface area contributed by atoms with Gasteiger partial charge in [0, 0.05) is 6.42 Å². The monoisotopic (exact) mass is 249 g/mol. The van der Waals surface area contributed by atoms with E-state index in [1.807, 2.05) is 51.1 Å². The Balaban J connectivity index is 2.55. The molecule has 3 nitrogen and oxygen atoms in total. The van der Waals surface area contributed by atoms with Gasteiger partial charge in [0.05, 0.1) is 6.54 Å². The third kappa shape index (κ3) is 4.88. The van der Waals surface area contributed by atoms with Crippen LogP contribution in [0.2, 0.25) is 0 Å². The predicted molar refractivity (Wildman–Crippen MR) is 73.1 cm³/mol. The minimum atomic E-state index is -1.03. The molecular formula is C15H23NO2. The Bertz CT molecular complexity index is 391. The highest BCUT2D eigenvalue weighted by atomic mass is 16.3. The average molecular weight is 249 g/mol. The normalized spacial score (nSPS) is 14.9. The summed E-state index contributed by atoms with van der Waals surface area (Å²) in [7, 11) is 0. The molecule has 0 fully saturated rings. The van der Waals surface area contributed by atoms with Gasteiger partial charge in [-0.3, -0.25) is 4.79 Å². The topological polar surface area (TPSA) is 49.3 Å². The summed E-state index contributed by atoms with van der Waals surface area (Å²) in [6.45, 7) is 7.98. The Morgan fingerprint density at radius 3 is 2.22 bits per heavy atom. The Labute approximate surface area is 109 Å². The molecule has 3 heteroatoms. The van der Waals surface area contributed by atoms with Gasteiger partial charge in [0.1, 0.15) is 5.60 Å². The molecule has 0 aliphatic carbocycles. The Morgan fingerprint density at radius 2 is 1.72 bits per heavy atom. The summed E-state index contributed by atoms with van der Waals surface area (Å²) in [4.78, 5) is 11.7. The third-order valence-corrected chi connectivity index (χ3v) is 2.72. The first-order chi connectivity index (χ1) is 8.21. The second-order valence-corrected chi connectivity index (χ2v) is 6.15. The molecule has 0 bridgehead atoms. The van der Waals surface area contributed by atoms with Crippen LogP contribution < -0.4 is 5.32 Å². The lowest BCUT2D eigenvalue weighted by atomic mass is 9.91. The maximum absolute atomic E-state index is 11.7. The third-order valence-electron chi connectivity index (χ3n) is 2.72. The number of nitrogens with one attached hydrogen (secondary N) is 1. The molecule has 0 heterocycles. The first-order valence-corrected chi connectivity index (χ1v) is 6.25. The average Bonchev–Trinajstić information content (AvgIpc) is 2.26. The van der Waals surface area contributed by atoms with E-state index in [0.717, 1.165) is 5.56 Å². The molecule has 2 N–H and O–H groups in total. The Hall–Kier alpha value is -1.35. The maximum atomic E-state index is 11.7. The zero-order valence-corrected chi connectivity index (χ0v) is 11.7. The lowest BCUT2D eigenvalue weighted by Gasteiger charge is -2.25. The van der Waals surface area contributed by atoms with Crippen LogP contribution in [0.5, 0.6) is 0 Å². The first-order valence-electron chi connectivity index (χ1n) is 6.25. The number of rotatable bonds is 4. The van der Waals surface area contributed by atoms with Crippen molar-refractivity contribution in [1.29, 1.82) is 0 Å². The van der Waals surface area contributed by atoms with Crippen LogP contribution in [0.3, 0.4) is 0 Å². The molecule has 100 valence electrons. The van der Waals surface area contributed by atoms with E-state index in [-0.39, 0.29) is 17.9 Å². The molecule has 1 atom stereocenters. The molecular weight excluding hydrogens is 226 g/mol. The number of benzene rings is 1. The van der Waals surface area contributed by atoms with E-state index < -0.39 is 5.60 Å². The van der Waals surface area contributed by atoms with E-state index in [4.69, 9.17) is 0 Å². The Morgan fingerprint density at radius 1 is 1.17 bits per heavy atom. The van der Waals surface area contributed by atoms with Gasteiger partial charge in [0.2, 0.25) is 5.91 Å². The smallest absolute Gasteiger partial charge is 0.220 e. The van der Waals surface area contributed by atoms with Crippen LogP contribution in [0.4, 0.5) is 0 Å². The molecule has 0 aliphatic rings. The van der Waals surface area contributed by atoms with E-state index in [0.29, 0.717) is 6.42 Å². The molecule has 0 saturated heterocycles. The molecule has 1 amide bonds. The van der Waals surface area contributed by atoms with Gasteiger partial charge in [-0.15, -0.1) is 0 Å². The fourth-order valence-electron chi connectivity index (χ4n) is 1.71. The van der Waals surface area contributed by atoms with Crippen LogP contribution in [-0.4, -0.2) is 17.6 Å². The van der Waals surface area contributed by atoms with Crippen molar-refractivity contribution in [3.63, 3.8) is 0 Å². The predicted octanol–water partition coefficient (Wildman–Crippen LogP) is 2.45.